The summed E-state index contributed by atoms with van der Waals surface area (Å²) in [6.07, 6.45) is 1.04. The summed E-state index contributed by atoms with van der Waals surface area (Å²) in [7, 11) is 0. The van der Waals surface area contributed by atoms with Gasteiger partial charge in [0.15, 0.2) is 0 Å². The predicted octanol–water partition coefficient (Wildman–Crippen LogP) is 1.52. The van der Waals surface area contributed by atoms with Gasteiger partial charge in [-0.1, -0.05) is 19.1 Å². The minimum atomic E-state index is -0.235. The second kappa shape index (κ2) is 7.57. The van der Waals surface area contributed by atoms with Gasteiger partial charge in [0.05, 0.1) is 31.5 Å². The van der Waals surface area contributed by atoms with E-state index in [9.17, 15) is 9.50 Å². The van der Waals surface area contributed by atoms with Crippen molar-refractivity contribution in [1.82, 2.24) is 5.32 Å². The van der Waals surface area contributed by atoms with Crippen molar-refractivity contribution < 1.29 is 14.2 Å². The molecule has 0 spiro atoms. The van der Waals surface area contributed by atoms with Gasteiger partial charge >= 0.3 is 0 Å². The maximum absolute atomic E-state index is 14.3. The standard InChI is InChI=1S/C15H23FN2O2/c1-2-6-17-9-12-4-3-5-14(16)15(12)18-7-8-20-11-13(18)10-19/h3-5,13,17,19H,2,6-11H2,1H3. The normalized spacial score (nSPS) is 19.4. The lowest BCUT2D eigenvalue weighted by Crippen LogP contribution is -2.48. The van der Waals surface area contributed by atoms with Gasteiger partial charge in [-0.05, 0) is 24.6 Å². The van der Waals surface area contributed by atoms with Crippen LogP contribution in [-0.2, 0) is 11.3 Å². The van der Waals surface area contributed by atoms with E-state index < -0.39 is 0 Å². The highest BCUT2D eigenvalue weighted by Gasteiger charge is 2.26. The molecule has 0 radical (unpaired) electrons. The molecule has 2 N–H and O–H groups in total. The number of hydrogen-bond acceptors (Lipinski definition) is 4. The van der Waals surface area contributed by atoms with Gasteiger partial charge in [0.1, 0.15) is 5.82 Å². The van der Waals surface area contributed by atoms with E-state index in [1.54, 1.807) is 6.07 Å². The van der Waals surface area contributed by atoms with Crippen LogP contribution in [0.2, 0.25) is 0 Å². The van der Waals surface area contributed by atoms with E-state index in [-0.39, 0.29) is 18.5 Å². The Morgan fingerprint density at radius 3 is 3.10 bits per heavy atom. The van der Waals surface area contributed by atoms with Crippen molar-refractivity contribution in [3.8, 4) is 0 Å². The molecule has 20 heavy (non-hydrogen) atoms. The largest absolute Gasteiger partial charge is 0.394 e. The van der Waals surface area contributed by atoms with Gasteiger partial charge in [-0.2, -0.15) is 0 Å². The molecule has 1 aliphatic heterocycles. The predicted molar refractivity (Wildman–Crippen MR) is 77.4 cm³/mol. The van der Waals surface area contributed by atoms with Crippen molar-refractivity contribution >= 4 is 5.69 Å². The summed E-state index contributed by atoms with van der Waals surface area (Å²) in [6, 6.07) is 4.97. The maximum Gasteiger partial charge on any atom is 0.146 e. The van der Waals surface area contributed by atoms with Gasteiger partial charge in [0.2, 0.25) is 0 Å². The Morgan fingerprint density at radius 2 is 2.35 bits per heavy atom. The number of aliphatic hydroxyl groups is 1. The van der Waals surface area contributed by atoms with Gasteiger partial charge in [-0.3, -0.25) is 0 Å². The third-order valence-electron chi connectivity index (χ3n) is 3.54. The van der Waals surface area contributed by atoms with Crippen LogP contribution in [0.1, 0.15) is 18.9 Å². The fraction of sp³-hybridized carbons (Fsp3) is 0.600. The minimum Gasteiger partial charge on any atom is -0.394 e. The fourth-order valence-corrected chi connectivity index (χ4v) is 2.52. The second-order valence-corrected chi connectivity index (χ2v) is 5.03. The van der Waals surface area contributed by atoms with Crippen LogP contribution in [0, 0.1) is 5.82 Å². The van der Waals surface area contributed by atoms with E-state index in [1.807, 2.05) is 11.0 Å². The minimum absolute atomic E-state index is 0.0316. The molecule has 1 atom stereocenters. The molecule has 5 heteroatoms. The van der Waals surface area contributed by atoms with Crippen molar-refractivity contribution in [1.29, 1.82) is 0 Å². The van der Waals surface area contributed by atoms with E-state index in [4.69, 9.17) is 4.74 Å². The van der Waals surface area contributed by atoms with E-state index in [1.165, 1.54) is 6.07 Å². The first-order chi connectivity index (χ1) is 9.77. The molecule has 1 aliphatic rings. The van der Waals surface area contributed by atoms with Gasteiger partial charge in [-0.15, -0.1) is 0 Å². The molecule has 112 valence electrons. The third kappa shape index (κ3) is 3.48. The molecular weight excluding hydrogens is 259 g/mol. The van der Waals surface area contributed by atoms with Crippen LogP contribution in [0.3, 0.4) is 0 Å². The van der Waals surface area contributed by atoms with Crippen molar-refractivity contribution in [2.45, 2.75) is 25.9 Å². The quantitative estimate of drug-likeness (QED) is 0.777. The maximum atomic E-state index is 14.3. The zero-order chi connectivity index (χ0) is 14.4. The number of rotatable bonds is 6. The van der Waals surface area contributed by atoms with Crippen molar-refractivity contribution in [2.24, 2.45) is 0 Å². The van der Waals surface area contributed by atoms with Crippen LogP contribution in [-0.4, -0.2) is 44.1 Å². The molecule has 0 saturated carbocycles. The second-order valence-electron chi connectivity index (χ2n) is 5.03. The summed E-state index contributed by atoms with van der Waals surface area (Å²) in [4.78, 5) is 1.93. The van der Waals surface area contributed by atoms with Gasteiger partial charge < -0.3 is 20.1 Å². The molecule has 1 saturated heterocycles. The van der Waals surface area contributed by atoms with Crippen molar-refractivity contribution in [3.63, 3.8) is 0 Å². The number of anilines is 1. The Hall–Kier alpha value is -1.17. The van der Waals surface area contributed by atoms with Crippen molar-refractivity contribution in [2.75, 3.05) is 37.8 Å². The molecule has 0 bridgehead atoms. The smallest absolute Gasteiger partial charge is 0.146 e. The number of ether oxygens (including phenoxy) is 1. The molecule has 0 amide bonds. The number of aliphatic hydroxyl groups excluding tert-OH is 1. The van der Waals surface area contributed by atoms with E-state index in [0.29, 0.717) is 32.0 Å². The molecular formula is C15H23FN2O2. The number of para-hydroxylation sites is 1. The highest BCUT2D eigenvalue weighted by Crippen LogP contribution is 2.27. The fourth-order valence-electron chi connectivity index (χ4n) is 2.52. The molecule has 0 aromatic heterocycles. The molecule has 1 fully saturated rings. The Bertz CT molecular complexity index is 428. The number of halogens is 1. The van der Waals surface area contributed by atoms with E-state index in [0.717, 1.165) is 18.5 Å². The highest BCUT2D eigenvalue weighted by molar-refractivity contribution is 5.56. The van der Waals surface area contributed by atoms with Crippen LogP contribution < -0.4 is 10.2 Å². The van der Waals surface area contributed by atoms with E-state index in [2.05, 4.69) is 12.2 Å². The number of nitrogens with one attached hydrogen (secondary N) is 1. The Morgan fingerprint density at radius 1 is 1.50 bits per heavy atom. The summed E-state index contributed by atoms with van der Waals surface area (Å²) in [5, 5.41) is 12.8. The molecule has 1 heterocycles. The molecule has 1 unspecified atom stereocenters. The number of hydrogen-bond donors (Lipinski definition) is 2. The van der Waals surface area contributed by atoms with Crippen LogP contribution in [0.15, 0.2) is 18.2 Å². The number of nitrogens with zero attached hydrogens (tertiary/aromatic N) is 1. The molecule has 0 aliphatic carbocycles. The zero-order valence-electron chi connectivity index (χ0n) is 11.9. The number of morpholine rings is 1. The van der Waals surface area contributed by atoms with Crippen LogP contribution in [0.5, 0.6) is 0 Å². The molecule has 4 nitrogen and oxygen atoms in total. The lowest BCUT2D eigenvalue weighted by atomic mass is 10.1. The summed E-state index contributed by atoms with van der Waals surface area (Å²) in [6.45, 7) is 5.21. The highest BCUT2D eigenvalue weighted by atomic mass is 19.1. The first-order valence-corrected chi connectivity index (χ1v) is 7.21. The van der Waals surface area contributed by atoms with E-state index >= 15 is 0 Å². The summed E-state index contributed by atoms with van der Waals surface area (Å²) in [5.41, 5.74) is 1.53. The van der Waals surface area contributed by atoms with Crippen LogP contribution >= 0.6 is 0 Å². The summed E-state index contributed by atoms with van der Waals surface area (Å²) in [5.74, 6) is -0.235. The summed E-state index contributed by atoms with van der Waals surface area (Å²) >= 11 is 0. The molecule has 1 aromatic carbocycles. The first-order valence-electron chi connectivity index (χ1n) is 7.21. The molecule has 1 aromatic rings. The Balaban J connectivity index is 2.23. The van der Waals surface area contributed by atoms with Gasteiger partial charge in [-0.25, -0.2) is 4.39 Å². The average molecular weight is 282 g/mol. The zero-order valence-corrected chi connectivity index (χ0v) is 11.9. The molecule has 2 rings (SSSR count). The van der Waals surface area contributed by atoms with Gasteiger partial charge in [0.25, 0.3) is 0 Å². The Labute approximate surface area is 119 Å². The Kier molecular flexibility index (Phi) is 5.76. The third-order valence-corrected chi connectivity index (χ3v) is 3.54. The topological polar surface area (TPSA) is 44.7 Å². The lowest BCUT2D eigenvalue weighted by Gasteiger charge is -2.37. The van der Waals surface area contributed by atoms with Crippen LogP contribution in [0.4, 0.5) is 10.1 Å². The van der Waals surface area contributed by atoms with Crippen LogP contribution in [0.25, 0.3) is 0 Å². The lowest BCUT2D eigenvalue weighted by molar-refractivity contribution is 0.0722. The summed E-state index contributed by atoms with van der Waals surface area (Å²) < 4.78 is 19.6. The van der Waals surface area contributed by atoms with Crippen molar-refractivity contribution in [3.05, 3.63) is 29.6 Å². The number of benzene rings is 1. The monoisotopic (exact) mass is 282 g/mol. The SMILES string of the molecule is CCCNCc1cccc(F)c1N1CCOCC1CO. The first kappa shape index (κ1) is 15.2. The van der Waals surface area contributed by atoms with Gasteiger partial charge in [0, 0.05) is 13.1 Å². The average Bonchev–Trinajstić information content (AvgIpc) is 2.48.